The molecule has 0 spiro atoms. The van der Waals surface area contributed by atoms with Gasteiger partial charge in [0.15, 0.2) is 5.58 Å². The number of benzene rings is 2. The molecule has 176 valence electrons. The van der Waals surface area contributed by atoms with Crippen LogP contribution in [0.15, 0.2) is 64.1 Å². The van der Waals surface area contributed by atoms with Crippen LogP contribution in [0.3, 0.4) is 0 Å². The van der Waals surface area contributed by atoms with E-state index in [1.807, 2.05) is 25.2 Å². The first-order valence-corrected chi connectivity index (χ1v) is 12.4. The van der Waals surface area contributed by atoms with E-state index in [1.165, 1.54) is 12.3 Å². The number of fused-ring (bicyclic) bond motifs is 2. The summed E-state index contributed by atoms with van der Waals surface area (Å²) < 4.78 is 46.0. The van der Waals surface area contributed by atoms with Gasteiger partial charge in [0, 0.05) is 24.2 Å². The summed E-state index contributed by atoms with van der Waals surface area (Å²) in [5.41, 5.74) is 3.47. The molecule has 0 radical (unpaired) electrons. The molecular weight excluding hydrogens is 478 g/mol. The monoisotopic (exact) mass is 499 g/mol. The number of nitrogens with zero attached hydrogens (tertiary/aromatic N) is 2. The fraction of sp³-hybridized carbons (Fsp3) is 0.208. The lowest BCUT2D eigenvalue weighted by Crippen LogP contribution is -2.28. The normalized spacial score (nSPS) is 13.4. The molecule has 5 rings (SSSR count). The molecule has 0 saturated heterocycles. The Morgan fingerprint density at radius 3 is 2.91 bits per heavy atom. The Balaban J connectivity index is 1.46. The van der Waals surface area contributed by atoms with Crippen molar-refractivity contribution in [1.29, 1.82) is 0 Å². The number of hydrogen-bond donors (Lipinski definition) is 1. The van der Waals surface area contributed by atoms with Crippen LogP contribution >= 0.6 is 11.6 Å². The van der Waals surface area contributed by atoms with Crippen molar-refractivity contribution in [1.82, 2.24) is 4.98 Å². The number of nitrogens with one attached hydrogen (secondary N) is 1. The van der Waals surface area contributed by atoms with Gasteiger partial charge in [0.25, 0.3) is 10.0 Å². The lowest BCUT2D eigenvalue weighted by atomic mass is 10.1. The number of sulfonamides is 1. The quantitative estimate of drug-likeness (QED) is 0.399. The number of rotatable bonds is 6. The third kappa shape index (κ3) is 4.24. The van der Waals surface area contributed by atoms with Gasteiger partial charge in [0.1, 0.15) is 30.2 Å². The molecule has 2 aromatic carbocycles. The van der Waals surface area contributed by atoms with Crippen LogP contribution in [0.4, 0.5) is 11.4 Å². The number of aromatic nitrogens is 1. The highest BCUT2D eigenvalue weighted by Crippen LogP contribution is 2.34. The van der Waals surface area contributed by atoms with Crippen molar-refractivity contribution in [3.8, 4) is 11.6 Å². The average molecular weight is 500 g/mol. The maximum Gasteiger partial charge on any atom is 0.262 e. The van der Waals surface area contributed by atoms with Crippen LogP contribution in [0.2, 0.25) is 5.02 Å². The number of pyridine rings is 1. The molecule has 2 aromatic heterocycles. The van der Waals surface area contributed by atoms with Crippen molar-refractivity contribution in [2.75, 3.05) is 29.8 Å². The number of ether oxygens (including phenoxy) is 2. The van der Waals surface area contributed by atoms with Crippen molar-refractivity contribution in [3.05, 3.63) is 70.9 Å². The van der Waals surface area contributed by atoms with Crippen molar-refractivity contribution in [2.45, 2.75) is 18.4 Å². The molecule has 0 unspecified atom stereocenters. The van der Waals surface area contributed by atoms with Crippen molar-refractivity contribution < 1.29 is 22.3 Å². The molecule has 0 saturated carbocycles. The molecule has 0 aliphatic carbocycles. The minimum Gasteiger partial charge on any atom is -0.490 e. The molecular formula is C24H22ClN3O5S. The fourth-order valence-electron chi connectivity index (χ4n) is 3.78. The first-order valence-electron chi connectivity index (χ1n) is 10.6. The summed E-state index contributed by atoms with van der Waals surface area (Å²) in [5.74, 6) is 0.959. The van der Waals surface area contributed by atoms with Gasteiger partial charge in [0.05, 0.1) is 23.4 Å². The van der Waals surface area contributed by atoms with E-state index in [1.54, 1.807) is 31.2 Å². The Bertz CT molecular complexity index is 1490. The van der Waals surface area contributed by atoms with Crippen molar-refractivity contribution in [3.63, 3.8) is 0 Å². The first-order chi connectivity index (χ1) is 16.3. The van der Waals surface area contributed by atoms with Crippen LogP contribution in [0.25, 0.3) is 11.1 Å². The Hall–Kier alpha value is -3.43. The first kappa shape index (κ1) is 22.4. The SMILES string of the molecule is Cc1c(Cl)cccc1S(=O)(=O)Nc1cc2occc2nc1OCc1ccc2c(c1)N(C)CCO2. The highest BCUT2D eigenvalue weighted by molar-refractivity contribution is 7.92. The van der Waals surface area contributed by atoms with Crippen LogP contribution in [-0.4, -0.2) is 33.6 Å². The highest BCUT2D eigenvalue weighted by Gasteiger charge is 2.22. The van der Waals surface area contributed by atoms with Gasteiger partial charge in [-0.15, -0.1) is 0 Å². The zero-order valence-corrected chi connectivity index (χ0v) is 20.1. The van der Waals surface area contributed by atoms with Crippen LogP contribution in [0.5, 0.6) is 11.6 Å². The molecule has 3 heterocycles. The minimum atomic E-state index is -3.96. The molecule has 10 heteroatoms. The predicted octanol–water partition coefficient (Wildman–Crippen LogP) is 5.00. The van der Waals surface area contributed by atoms with Crippen LogP contribution < -0.4 is 19.1 Å². The summed E-state index contributed by atoms with van der Waals surface area (Å²) in [6, 6.07) is 13.8. The number of furan rings is 1. The van der Waals surface area contributed by atoms with Gasteiger partial charge in [-0.1, -0.05) is 23.7 Å². The van der Waals surface area contributed by atoms with Gasteiger partial charge >= 0.3 is 0 Å². The Kier molecular flexibility index (Phi) is 5.75. The van der Waals surface area contributed by atoms with E-state index in [9.17, 15) is 8.42 Å². The topological polar surface area (TPSA) is 93.9 Å². The number of likely N-dealkylation sites (N-methyl/N-ethyl adjacent to an activating group) is 1. The van der Waals surface area contributed by atoms with Crippen molar-refractivity contribution >= 4 is 44.1 Å². The van der Waals surface area contributed by atoms with Crippen LogP contribution in [-0.2, 0) is 16.6 Å². The molecule has 0 bridgehead atoms. The highest BCUT2D eigenvalue weighted by atomic mass is 35.5. The van der Waals surface area contributed by atoms with E-state index in [-0.39, 0.29) is 23.1 Å². The molecule has 0 amide bonds. The van der Waals surface area contributed by atoms with Gasteiger partial charge in [-0.2, -0.15) is 0 Å². The van der Waals surface area contributed by atoms with E-state index < -0.39 is 10.0 Å². The molecule has 4 aromatic rings. The zero-order valence-electron chi connectivity index (χ0n) is 18.5. The molecule has 0 atom stereocenters. The third-order valence-electron chi connectivity index (χ3n) is 5.65. The molecule has 34 heavy (non-hydrogen) atoms. The zero-order chi connectivity index (χ0) is 23.9. The Morgan fingerprint density at radius 2 is 2.06 bits per heavy atom. The van der Waals surface area contributed by atoms with Gasteiger partial charge < -0.3 is 18.8 Å². The maximum atomic E-state index is 13.2. The molecule has 0 fully saturated rings. The second-order valence-corrected chi connectivity index (χ2v) is 10.0. The van der Waals surface area contributed by atoms with E-state index in [0.717, 1.165) is 23.5 Å². The lowest BCUT2D eigenvalue weighted by molar-refractivity contribution is 0.294. The summed E-state index contributed by atoms with van der Waals surface area (Å²) in [6.07, 6.45) is 1.49. The maximum absolute atomic E-state index is 13.2. The number of hydrogen-bond acceptors (Lipinski definition) is 7. The van der Waals surface area contributed by atoms with E-state index in [4.69, 9.17) is 25.5 Å². The van der Waals surface area contributed by atoms with Gasteiger partial charge in [-0.25, -0.2) is 13.4 Å². The van der Waals surface area contributed by atoms with Crippen molar-refractivity contribution in [2.24, 2.45) is 0 Å². The second-order valence-electron chi connectivity index (χ2n) is 7.97. The molecule has 1 aliphatic rings. The van der Waals surface area contributed by atoms with Gasteiger partial charge in [-0.3, -0.25) is 4.72 Å². The largest absolute Gasteiger partial charge is 0.490 e. The van der Waals surface area contributed by atoms with Crippen LogP contribution in [0, 0.1) is 6.92 Å². The smallest absolute Gasteiger partial charge is 0.262 e. The number of anilines is 2. The minimum absolute atomic E-state index is 0.0724. The van der Waals surface area contributed by atoms with E-state index >= 15 is 0 Å². The summed E-state index contributed by atoms with van der Waals surface area (Å²) >= 11 is 6.14. The van der Waals surface area contributed by atoms with Crippen LogP contribution in [0.1, 0.15) is 11.1 Å². The average Bonchev–Trinajstić information content (AvgIpc) is 3.26. The summed E-state index contributed by atoms with van der Waals surface area (Å²) in [5, 5.41) is 0.361. The summed E-state index contributed by atoms with van der Waals surface area (Å²) in [4.78, 5) is 6.65. The second kappa shape index (κ2) is 8.73. The molecule has 8 nitrogen and oxygen atoms in total. The lowest BCUT2D eigenvalue weighted by Gasteiger charge is -2.28. The fourth-order valence-corrected chi connectivity index (χ4v) is 5.32. The summed E-state index contributed by atoms with van der Waals surface area (Å²) in [6.45, 7) is 3.27. The van der Waals surface area contributed by atoms with E-state index in [2.05, 4.69) is 14.6 Å². The third-order valence-corrected chi connectivity index (χ3v) is 7.57. The molecule has 1 N–H and O–H groups in total. The predicted molar refractivity (Wildman–Crippen MR) is 131 cm³/mol. The van der Waals surface area contributed by atoms with Gasteiger partial charge in [0.2, 0.25) is 5.88 Å². The standard InChI is InChI=1S/C24H22ClN3O5S/c1-15-17(25)4-3-5-23(15)34(29,30)27-19-13-22-18(8-10-31-22)26-24(19)33-14-16-6-7-21-20(12-16)28(2)9-11-32-21/h3-8,10,12-13,27H,9,11,14H2,1-2H3. The summed E-state index contributed by atoms with van der Waals surface area (Å²) in [7, 11) is -1.96. The molecule has 1 aliphatic heterocycles. The van der Waals surface area contributed by atoms with Gasteiger partial charge in [-0.05, 0) is 42.3 Å². The van der Waals surface area contributed by atoms with E-state index in [0.29, 0.717) is 28.3 Å². The Labute approximate surface area is 202 Å². The number of halogens is 1. The Morgan fingerprint density at radius 1 is 1.21 bits per heavy atom.